The molecule has 2 aliphatic rings. The van der Waals surface area contributed by atoms with Gasteiger partial charge in [0, 0.05) is 0 Å². The molecule has 0 aromatic heterocycles. The largest absolute Gasteiger partial charge is 0.369 e. The standard InChI is InChI=1S/C15H17N3O/c1-10-3-2-6-15(8-10)14(19)17-12-5-4-11(9-16)7-13(12)18-15/h4-5,7,10,18H,2-3,6,8H2,1H3,(H,17,19). The van der Waals surface area contributed by atoms with Crippen molar-refractivity contribution in [3.63, 3.8) is 0 Å². The van der Waals surface area contributed by atoms with Crippen LogP contribution in [0.3, 0.4) is 0 Å². The predicted molar refractivity (Wildman–Crippen MR) is 73.8 cm³/mol. The quantitative estimate of drug-likeness (QED) is 0.749. The molecule has 1 aliphatic heterocycles. The van der Waals surface area contributed by atoms with E-state index in [1.165, 1.54) is 6.42 Å². The van der Waals surface area contributed by atoms with Crippen molar-refractivity contribution >= 4 is 17.3 Å². The van der Waals surface area contributed by atoms with E-state index >= 15 is 0 Å². The van der Waals surface area contributed by atoms with Crippen molar-refractivity contribution in [2.24, 2.45) is 5.92 Å². The molecule has 1 heterocycles. The Kier molecular flexibility index (Phi) is 2.70. The van der Waals surface area contributed by atoms with Gasteiger partial charge >= 0.3 is 0 Å². The average Bonchev–Trinajstić information content (AvgIpc) is 2.39. The first kappa shape index (κ1) is 12.0. The second-order valence-corrected chi connectivity index (χ2v) is 5.73. The smallest absolute Gasteiger partial charge is 0.250 e. The van der Waals surface area contributed by atoms with Crippen LogP contribution in [0.15, 0.2) is 18.2 Å². The Morgan fingerprint density at radius 1 is 1.42 bits per heavy atom. The first-order chi connectivity index (χ1) is 9.13. The minimum absolute atomic E-state index is 0.0660. The maximum atomic E-state index is 12.4. The average molecular weight is 255 g/mol. The van der Waals surface area contributed by atoms with Crippen LogP contribution in [0.25, 0.3) is 0 Å². The van der Waals surface area contributed by atoms with E-state index in [9.17, 15) is 4.79 Å². The second-order valence-electron chi connectivity index (χ2n) is 5.73. The summed E-state index contributed by atoms with van der Waals surface area (Å²) in [7, 11) is 0. The molecule has 2 atom stereocenters. The molecular weight excluding hydrogens is 238 g/mol. The number of hydrogen-bond acceptors (Lipinski definition) is 3. The number of benzene rings is 1. The van der Waals surface area contributed by atoms with Crippen LogP contribution in [0.4, 0.5) is 11.4 Å². The molecule has 0 saturated heterocycles. The van der Waals surface area contributed by atoms with Crippen molar-refractivity contribution in [3.05, 3.63) is 23.8 Å². The highest BCUT2D eigenvalue weighted by Gasteiger charge is 2.44. The Morgan fingerprint density at radius 3 is 3.00 bits per heavy atom. The molecule has 4 heteroatoms. The van der Waals surface area contributed by atoms with Crippen molar-refractivity contribution in [2.75, 3.05) is 10.6 Å². The predicted octanol–water partition coefficient (Wildman–Crippen LogP) is 2.87. The van der Waals surface area contributed by atoms with Crippen molar-refractivity contribution in [1.29, 1.82) is 5.26 Å². The molecule has 19 heavy (non-hydrogen) atoms. The molecule has 2 unspecified atom stereocenters. The number of nitrogens with one attached hydrogen (secondary N) is 2. The lowest BCUT2D eigenvalue weighted by Gasteiger charge is -2.43. The van der Waals surface area contributed by atoms with E-state index in [1.54, 1.807) is 12.1 Å². The minimum Gasteiger partial charge on any atom is -0.369 e. The lowest BCUT2D eigenvalue weighted by atomic mass is 9.74. The van der Waals surface area contributed by atoms with Gasteiger partial charge in [0.15, 0.2) is 0 Å². The molecule has 1 aromatic rings. The van der Waals surface area contributed by atoms with Gasteiger partial charge in [-0.05, 0) is 37.0 Å². The van der Waals surface area contributed by atoms with E-state index in [0.29, 0.717) is 11.5 Å². The molecule has 3 rings (SSSR count). The van der Waals surface area contributed by atoms with Crippen molar-refractivity contribution in [2.45, 2.75) is 38.1 Å². The first-order valence-corrected chi connectivity index (χ1v) is 6.77. The number of anilines is 2. The van der Waals surface area contributed by atoms with Crippen LogP contribution in [-0.2, 0) is 4.79 Å². The van der Waals surface area contributed by atoms with E-state index in [-0.39, 0.29) is 5.91 Å². The van der Waals surface area contributed by atoms with E-state index in [1.807, 2.05) is 6.07 Å². The van der Waals surface area contributed by atoms with E-state index in [2.05, 4.69) is 23.6 Å². The summed E-state index contributed by atoms with van der Waals surface area (Å²) in [6.07, 6.45) is 3.96. The van der Waals surface area contributed by atoms with E-state index in [4.69, 9.17) is 5.26 Å². The first-order valence-electron chi connectivity index (χ1n) is 6.77. The van der Waals surface area contributed by atoms with Gasteiger partial charge in [-0.3, -0.25) is 4.79 Å². The van der Waals surface area contributed by atoms with Gasteiger partial charge in [-0.1, -0.05) is 19.8 Å². The van der Waals surface area contributed by atoms with Crippen LogP contribution >= 0.6 is 0 Å². The second kappa shape index (κ2) is 4.27. The Labute approximate surface area is 112 Å². The van der Waals surface area contributed by atoms with Crippen LogP contribution in [0.1, 0.15) is 38.2 Å². The molecule has 98 valence electrons. The summed E-state index contributed by atoms with van der Waals surface area (Å²) in [4.78, 5) is 12.4. The van der Waals surface area contributed by atoms with Gasteiger partial charge < -0.3 is 10.6 Å². The van der Waals surface area contributed by atoms with E-state index < -0.39 is 5.54 Å². The number of nitriles is 1. The summed E-state index contributed by atoms with van der Waals surface area (Å²) in [6, 6.07) is 7.47. The molecule has 0 radical (unpaired) electrons. The minimum atomic E-state index is -0.487. The van der Waals surface area contributed by atoms with Gasteiger partial charge in [-0.2, -0.15) is 5.26 Å². The number of fused-ring (bicyclic) bond motifs is 1. The van der Waals surface area contributed by atoms with Crippen molar-refractivity contribution in [3.8, 4) is 6.07 Å². The Hall–Kier alpha value is -2.02. The van der Waals surface area contributed by atoms with Gasteiger partial charge in [0.05, 0.1) is 23.0 Å². The summed E-state index contributed by atoms with van der Waals surface area (Å²) in [5, 5.41) is 15.4. The molecule has 1 amide bonds. The molecule has 2 N–H and O–H groups in total. The highest BCUT2D eigenvalue weighted by atomic mass is 16.2. The van der Waals surface area contributed by atoms with Crippen LogP contribution in [0, 0.1) is 17.2 Å². The third-order valence-electron chi connectivity index (χ3n) is 4.20. The van der Waals surface area contributed by atoms with Crippen molar-refractivity contribution < 1.29 is 4.79 Å². The summed E-state index contributed by atoms with van der Waals surface area (Å²) < 4.78 is 0. The zero-order chi connectivity index (χ0) is 13.5. The number of amides is 1. The number of hydrogen-bond donors (Lipinski definition) is 2. The lowest BCUT2D eigenvalue weighted by molar-refractivity contribution is -0.122. The van der Waals surface area contributed by atoms with Crippen LogP contribution in [0.5, 0.6) is 0 Å². The highest BCUT2D eigenvalue weighted by Crippen LogP contribution is 2.41. The molecule has 1 spiro atoms. The Balaban J connectivity index is 1.98. The van der Waals surface area contributed by atoms with Gasteiger partial charge in [0.25, 0.3) is 0 Å². The molecule has 0 bridgehead atoms. The fourth-order valence-electron chi connectivity index (χ4n) is 3.25. The molecular formula is C15H17N3O. The monoisotopic (exact) mass is 255 g/mol. The zero-order valence-corrected chi connectivity index (χ0v) is 11.0. The molecule has 4 nitrogen and oxygen atoms in total. The number of carbonyl (C=O) groups excluding carboxylic acids is 1. The summed E-state index contributed by atoms with van der Waals surface area (Å²) >= 11 is 0. The Bertz CT molecular complexity index is 575. The lowest BCUT2D eigenvalue weighted by Crippen LogP contribution is -2.54. The maximum absolute atomic E-state index is 12.4. The summed E-state index contributed by atoms with van der Waals surface area (Å²) in [6.45, 7) is 2.19. The molecule has 1 aromatic carbocycles. The highest BCUT2D eigenvalue weighted by molar-refractivity contribution is 6.06. The van der Waals surface area contributed by atoms with Crippen LogP contribution in [0.2, 0.25) is 0 Å². The Morgan fingerprint density at radius 2 is 2.26 bits per heavy atom. The fourth-order valence-corrected chi connectivity index (χ4v) is 3.25. The number of rotatable bonds is 0. The molecule has 1 aliphatic carbocycles. The van der Waals surface area contributed by atoms with Crippen LogP contribution in [-0.4, -0.2) is 11.4 Å². The van der Waals surface area contributed by atoms with Gasteiger partial charge in [0.2, 0.25) is 5.91 Å². The van der Waals surface area contributed by atoms with Gasteiger partial charge in [0.1, 0.15) is 5.54 Å². The van der Waals surface area contributed by atoms with Crippen molar-refractivity contribution in [1.82, 2.24) is 0 Å². The van der Waals surface area contributed by atoms with Crippen LogP contribution < -0.4 is 10.6 Å². The summed E-state index contributed by atoms with van der Waals surface area (Å²) in [5.74, 6) is 0.615. The third kappa shape index (κ3) is 1.95. The maximum Gasteiger partial charge on any atom is 0.250 e. The topological polar surface area (TPSA) is 64.9 Å². The normalized spacial score (nSPS) is 29.1. The van der Waals surface area contributed by atoms with E-state index in [0.717, 1.165) is 30.6 Å². The fraction of sp³-hybridized carbons (Fsp3) is 0.467. The number of carbonyl (C=O) groups is 1. The molecule has 1 saturated carbocycles. The molecule has 1 fully saturated rings. The van der Waals surface area contributed by atoms with Gasteiger partial charge in [-0.25, -0.2) is 0 Å². The SMILES string of the molecule is CC1CCCC2(C1)Nc1cc(C#N)ccc1NC2=O. The zero-order valence-electron chi connectivity index (χ0n) is 11.0. The van der Waals surface area contributed by atoms with Gasteiger partial charge in [-0.15, -0.1) is 0 Å². The third-order valence-corrected chi connectivity index (χ3v) is 4.20. The summed E-state index contributed by atoms with van der Waals surface area (Å²) in [5.41, 5.74) is 1.76. The number of nitrogens with zero attached hydrogens (tertiary/aromatic N) is 1.